The summed E-state index contributed by atoms with van der Waals surface area (Å²) in [6.45, 7) is 17.9. The lowest BCUT2D eigenvalue weighted by molar-refractivity contribution is -0.119. The van der Waals surface area contributed by atoms with Crippen LogP contribution in [0.25, 0.3) is 0 Å². The van der Waals surface area contributed by atoms with Gasteiger partial charge in [0.1, 0.15) is 11.9 Å². The molecule has 8 heteroatoms. The molecular weight excluding hydrogens is 539 g/mol. The summed E-state index contributed by atoms with van der Waals surface area (Å²) < 4.78 is 38.4. The minimum atomic E-state index is -3.54. The number of hydrogen-bond acceptors (Lipinski definition) is 5. The van der Waals surface area contributed by atoms with Crippen LogP contribution in [0.3, 0.4) is 0 Å². The molecule has 1 fully saturated rings. The highest BCUT2D eigenvalue weighted by Crippen LogP contribution is 2.54. The SMILES string of the molecule is CC#CC[C@H](C)[C@H](C)/C=C/[C@@H]1[C@H]2c3cccc(CCCC(=O)NS(C)(=O)=O)c3O[C@H]2C[C@H]1O[Si](C)(C)C(C)(C)C. The maximum Gasteiger partial charge on any atom is 0.233 e. The third kappa shape index (κ3) is 8.01. The summed E-state index contributed by atoms with van der Waals surface area (Å²) in [7, 11) is -5.53. The molecule has 1 aliphatic heterocycles. The van der Waals surface area contributed by atoms with Gasteiger partial charge in [-0.15, -0.1) is 11.8 Å². The van der Waals surface area contributed by atoms with Gasteiger partial charge in [0.25, 0.3) is 0 Å². The fourth-order valence-electron chi connectivity index (χ4n) is 5.46. The lowest BCUT2D eigenvalue weighted by atomic mass is 9.85. The van der Waals surface area contributed by atoms with Crippen molar-refractivity contribution >= 4 is 24.2 Å². The number of amides is 1. The molecule has 6 nitrogen and oxygen atoms in total. The first-order valence-corrected chi connectivity index (χ1v) is 19.4. The summed E-state index contributed by atoms with van der Waals surface area (Å²) in [5.41, 5.74) is 2.29. The Kier molecular flexibility index (Phi) is 10.4. The summed E-state index contributed by atoms with van der Waals surface area (Å²) >= 11 is 0. The molecule has 1 aliphatic carbocycles. The molecular formula is C32H49NO5SSi. The molecule has 1 heterocycles. The average molecular weight is 588 g/mol. The molecule has 0 spiro atoms. The van der Waals surface area contributed by atoms with E-state index in [9.17, 15) is 13.2 Å². The van der Waals surface area contributed by atoms with E-state index in [4.69, 9.17) is 9.16 Å². The Morgan fingerprint density at radius 3 is 2.60 bits per heavy atom. The number of para-hydroxylation sites is 1. The molecule has 2 aliphatic rings. The van der Waals surface area contributed by atoms with E-state index in [1.165, 1.54) is 5.56 Å². The van der Waals surface area contributed by atoms with Crippen molar-refractivity contribution in [2.24, 2.45) is 17.8 Å². The number of carbonyl (C=O) groups excluding carboxylic acids is 1. The van der Waals surface area contributed by atoms with Gasteiger partial charge >= 0.3 is 0 Å². The third-order valence-corrected chi connectivity index (χ3v) is 14.1. The third-order valence-electron chi connectivity index (χ3n) is 9.00. The summed E-state index contributed by atoms with van der Waals surface area (Å²) in [6, 6.07) is 6.31. The minimum Gasteiger partial charge on any atom is -0.489 e. The van der Waals surface area contributed by atoms with E-state index >= 15 is 0 Å². The van der Waals surface area contributed by atoms with Crippen LogP contribution in [0.4, 0.5) is 0 Å². The summed E-state index contributed by atoms with van der Waals surface area (Å²) in [4.78, 5) is 12.0. The predicted octanol–water partition coefficient (Wildman–Crippen LogP) is 6.58. The van der Waals surface area contributed by atoms with Gasteiger partial charge in [-0.05, 0) is 55.3 Å². The molecule has 1 aromatic rings. The van der Waals surface area contributed by atoms with Crippen molar-refractivity contribution < 1.29 is 22.4 Å². The van der Waals surface area contributed by atoms with Gasteiger partial charge in [0.15, 0.2) is 8.32 Å². The van der Waals surface area contributed by atoms with Gasteiger partial charge in [-0.2, -0.15) is 0 Å². The number of rotatable bonds is 11. The molecule has 0 aromatic heterocycles. The second kappa shape index (κ2) is 12.8. The summed E-state index contributed by atoms with van der Waals surface area (Å²) in [5.74, 6) is 8.01. The topological polar surface area (TPSA) is 81.7 Å². The number of hydrogen-bond donors (Lipinski definition) is 1. The van der Waals surface area contributed by atoms with Gasteiger partial charge in [0, 0.05) is 36.7 Å². The van der Waals surface area contributed by atoms with Crippen LogP contribution in [0, 0.1) is 29.6 Å². The number of benzene rings is 1. The van der Waals surface area contributed by atoms with Crippen molar-refractivity contribution in [3.05, 3.63) is 41.5 Å². The fraction of sp³-hybridized carbons (Fsp3) is 0.656. The Bertz CT molecular complexity index is 1250. The molecule has 1 amide bonds. The number of nitrogens with one attached hydrogen (secondary N) is 1. The Morgan fingerprint density at radius 1 is 1.27 bits per heavy atom. The van der Waals surface area contributed by atoms with Crippen molar-refractivity contribution in [3.8, 4) is 17.6 Å². The van der Waals surface area contributed by atoms with Crippen LogP contribution in [0.15, 0.2) is 30.4 Å². The van der Waals surface area contributed by atoms with Gasteiger partial charge in [0.05, 0.1) is 12.4 Å². The lowest BCUT2D eigenvalue weighted by Crippen LogP contribution is -2.45. The van der Waals surface area contributed by atoms with E-state index in [1.54, 1.807) is 0 Å². The second-order valence-electron chi connectivity index (χ2n) is 13.3. The van der Waals surface area contributed by atoms with Gasteiger partial charge in [0.2, 0.25) is 15.9 Å². The highest BCUT2D eigenvalue weighted by molar-refractivity contribution is 7.89. The van der Waals surface area contributed by atoms with Crippen LogP contribution in [0.1, 0.15) is 84.3 Å². The molecule has 1 aromatic carbocycles. The Balaban J connectivity index is 1.85. The van der Waals surface area contributed by atoms with E-state index in [1.807, 2.05) is 11.6 Å². The van der Waals surface area contributed by atoms with Crippen molar-refractivity contribution in [2.45, 2.75) is 110 Å². The number of fused-ring (bicyclic) bond motifs is 3. The molecule has 0 saturated heterocycles. The highest BCUT2D eigenvalue weighted by Gasteiger charge is 2.52. The molecule has 0 bridgehead atoms. The zero-order valence-electron chi connectivity index (χ0n) is 25.8. The van der Waals surface area contributed by atoms with Gasteiger partial charge in [-0.1, -0.05) is 65.0 Å². The van der Waals surface area contributed by atoms with Crippen LogP contribution < -0.4 is 9.46 Å². The highest BCUT2D eigenvalue weighted by atomic mass is 32.2. The maximum atomic E-state index is 12.0. The van der Waals surface area contributed by atoms with Crippen LogP contribution >= 0.6 is 0 Å². The maximum absolute atomic E-state index is 12.0. The van der Waals surface area contributed by atoms with E-state index in [0.717, 1.165) is 30.4 Å². The van der Waals surface area contributed by atoms with Crippen molar-refractivity contribution in [2.75, 3.05) is 6.26 Å². The first kappa shape index (κ1) is 32.4. The quantitative estimate of drug-likeness (QED) is 0.180. The molecule has 222 valence electrons. The molecule has 6 atom stereocenters. The van der Waals surface area contributed by atoms with Crippen LogP contribution in [0.5, 0.6) is 5.75 Å². The lowest BCUT2D eigenvalue weighted by Gasteiger charge is -2.40. The van der Waals surface area contributed by atoms with Gasteiger partial charge < -0.3 is 9.16 Å². The fourth-order valence-corrected chi connectivity index (χ4v) is 7.34. The smallest absolute Gasteiger partial charge is 0.233 e. The van der Waals surface area contributed by atoms with Gasteiger partial charge in [-0.25, -0.2) is 8.42 Å². The van der Waals surface area contributed by atoms with Crippen molar-refractivity contribution in [3.63, 3.8) is 0 Å². The summed E-state index contributed by atoms with van der Waals surface area (Å²) in [6.07, 6.45) is 8.98. The normalized spacial score (nSPS) is 24.0. The Hall–Kier alpha value is -2.08. The zero-order valence-corrected chi connectivity index (χ0v) is 27.7. The Morgan fingerprint density at radius 2 is 1.98 bits per heavy atom. The first-order valence-electron chi connectivity index (χ1n) is 14.6. The average Bonchev–Trinajstić information content (AvgIpc) is 3.34. The monoisotopic (exact) mass is 587 g/mol. The standard InChI is InChI=1S/C32H49NO5SSi/c1-10-11-14-22(2)23(3)19-20-25-27(38-40(8,9)32(4,5)6)21-28-30(25)26-17-12-15-24(31(26)37-28)16-13-18-29(34)33-39(7,35)36/h12,15,17,19-20,22-23,25,27-28,30H,13-14,16,18,21H2,1-9H3,(H,33,34)/b20-19+/t22-,23+,25-,27+,28-,30-/m0/s1. The van der Waals surface area contributed by atoms with Gasteiger partial charge in [-0.3, -0.25) is 9.52 Å². The van der Waals surface area contributed by atoms with E-state index in [0.29, 0.717) is 24.7 Å². The van der Waals surface area contributed by atoms with E-state index in [-0.39, 0.29) is 35.5 Å². The molecule has 1 saturated carbocycles. The Labute approximate surface area is 243 Å². The minimum absolute atomic E-state index is 0.0489. The van der Waals surface area contributed by atoms with Crippen molar-refractivity contribution in [1.29, 1.82) is 0 Å². The first-order chi connectivity index (χ1) is 18.5. The number of ether oxygens (including phenoxy) is 1. The number of aryl methyl sites for hydroxylation is 1. The van der Waals surface area contributed by atoms with Crippen LogP contribution in [0.2, 0.25) is 18.1 Å². The number of sulfonamides is 1. The van der Waals surface area contributed by atoms with Crippen LogP contribution in [-0.2, 0) is 25.7 Å². The zero-order chi connectivity index (χ0) is 29.9. The van der Waals surface area contributed by atoms with Crippen LogP contribution in [-0.4, -0.2) is 41.1 Å². The number of allylic oxidation sites excluding steroid dienone is 1. The molecule has 40 heavy (non-hydrogen) atoms. The molecule has 0 radical (unpaired) electrons. The molecule has 3 rings (SSSR count). The molecule has 0 unspecified atom stereocenters. The predicted molar refractivity (Wildman–Crippen MR) is 165 cm³/mol. The molecule has 1 N–H and O–H groups in total. The van der Waals surface area contributed by atoms with E-state index < -0.39 is 24.2 Å². The van der Waals surface area contributed by atoms with Crippen molar-refractivity contribution in [1.82, 2.24) is 4.72 Å². The summed E-state index contributed by atoms with van der Waals surface area (Å²) in [5, 5.41) is 0.120. The number of carbonyl (C=O) groups is 1. The van der Waals surface area contributed by atoms with E-state index in [2.05, 4.69) is 89.9 Å². The largest absolute Gasteiger partial charge is 0.489 e. The second-order valence-corrected chi connectivity index (χ2v) is 19.8.